The second-order valence-corrected chi connectivity index (χ2v) is 15.7. The molecule has 0 N–H and O–H groups in total. The third-order valence-corrected chi connectivity index (χ3v) is 11.9. The molecule has 10 aromatic carbocycles. The molecule has 0 aliphatic heterocycles. The predicted molar refractivity (Wildman–Crippen MR) is 261 cm³/mol. The van der Waals surface area contributed by atoms with E-state index in [0.717, 1.165) is 50.1 Å². The van der Waals surface area contributed by atoms with E-state index in [4.69, 9.17) is 4.42 Å². The summed E-state index contributed by atoms with van der Waals surface area (Å²) in [5, 5.41) is 2.25. The molecule has 0 saturated heterocycles. The average Bonchev–Trinajstić information content (AvgIpc) is 3.73. The summed E-state index contributed by atoms with van der Waals surface area (Å²) in [6, 6.07) is 89.2. The van der Waals surface area contributed by atoms with Crippen molar-refractivity contribution in [1.29, 1.82) is 0 Å². The molecule has 0 unspecified atom stereocenters. The SMILES string of the molecule is c1ccc(-c2ccc(-c3ccc(N(c4ccc(-c5ccc6oc7ccccc7c6c5)cc4)c4cccc(-c5ccccc5)c4-c4ccccc4-c4ccccc4)cc3)cc2)cc1. The van der Waals surface area contributed by atoms with Crippen LogP contribution in [0.25, 0.3) is 88.7 Å². The van der Waals surface area contributed by atoms with Gasteiger partial charge in [-0.1, -0.05) is 200 Å². The molecule has 0 fully saturated rings. The highest BCUT2D eigenvalue weighted by Gasteiger charge is 2.23. The Bertz CT molecular complexity index is 3300. The topological polar surface area (TPSA) is 16.4 Å². The third kappa shape index (κ3) is 6.94. The Balaban J connectivity index is 1.07. The minimum absolute atomic E-state index is 0.898. The Morgan fingerprint density at radius 1 is 0.258 bits per heavy atom. The fourth-order valence-corrected chi connectivity index (χ4v) is 8.86. The first-order valence-corrected chi connectivity index (χ1v) is 21.2. The van der Waals surface area contributed by atoms with Crippen molar-refractivity contribution in [1.82, 2.24) is 0 Å². The lowest BCUT2D eigenvalue weighted by Gasteiger charge is -2.30. The molecule has 0 spiro atoms. The lowest BCUT2D eigenvalue weighted by atomic mass is 9.87. The first-order chi connectivity index (χ1) is 30.7. The van der Waals surface area contributed by atoms with Gasteiger partial charge in [0.1, 0.15) is 11.2 Å². The van der Waals surface area contributed by atoms with Crippen LogP contribution >= 0.6 is 0 Å². The van der Waals surface area contributed by atoms with E-state index in [2.05, 4.69) is 241 Å². The number of para-hydroxylation sites is 1. The highest BCUT2D eigenvalue weighted by Crippen LogP contribution is 2.48. The molecule has 0 aliphatic carbocycles. The van der Waals surface area contributed by atoms with Crippen LogP contribution in [0.1, 0.15) is 0 Å². The molecule has 1 aromatic heterocycles. The molecule has 292 valence electrons. The Kier molecular flexibility index (Phi) is 9.57. The highest BCUT2D eigenvalue weighted by molar-refractivity contribution is 6.06. The quantitative estimate of drug-likeness (QED) is 0.145. The summed E-state index contributed by atoms with van der Waals surface area (Å²) in [4.78, 5) is 2.42. The molecule has 62 heavy (non-hydrogen) atoms. The van der Waals surface area contributed by atoms with Crippen LogP contribution < -0.4 is 4.90 Å². The van der Waals surface area contributed by atoms with E-state index in [1.165, 1.54) is 55.6 Å². The summed E-state index contributed by atoms with van der Waals surface area (Å²) in [6.45, 7) is 0. The number of rotatable bonds is 9. The molecule has 1 heterocycles. The van der Waals surface area contributed by atoms with Crippen molar-refractivity contribution >= 4 is 39.0 Å². The van der Waals surface area contributed by atoms with Gasteiger partial charge in [0.2, 0.25) is 0 Å². The minimum atomic E-state index is 0.898. The van der Waals surface area contributed by atoms with Crippen LogP contribution in [-0.4, -0.2) is 0 Å². The fourth-order valence-electron chi connectivity index (χ4n) is 8.86. The van der Waals surface area contributed by atoms with Crippen LogP contribution in [0, 0.1) is 0 Å². The molecule has 0 radical (unpaired) electrons. The summed E-state index contributed by atoms with van der Waals surface area (Å²) in [5.41, 5.74) is 19.1. The zero-order valence-electron chi connectivity index (χ0n) is 34.0. The normalized spacial score (nSPS) is 11.2. The Hall–Kier alpha value is -8.20. The molecule has 2 nitrogen and oxygen atoms in total. The molecule has 11 rings (SSSR count). The Morgan fingerprint density at radius 2 is 0.677 bits per heavy atom. The minimum Gasteiger partial charge on any atom is -0.456 e. The van der Waals surface area contributed by atoms with Gasteiger partial charge in [0, 0.05) is 27.7 Å². The van der Waals surface area contributed by atoms with Gasteiger partial charge in [-0.25, -0.2) is 0 Å². The number of fused-ring (bicyclic) bond motifs is 3. The number of benzene rings is 10. The standard InChI is InChI=1S/C60H41NO/c1-4-15-42(16-5-1)43-27-29-44(30-28-43)45-31-36-50(37-32-45)61(51-38-33-46(34-39-51)49-35-40-59-56(41-49)54-22-12-13-26-58(54)62-59)57-25-14-24-53(48-19-8-3-9-20-48)60(57)55-23-11-10-21-52(55)47-17-6-2-7-18-47/h1-41H. The van der Waals surface area contributed by atoms with Gasteiger partial charge in [0.15, 0.2) is 0 Å². The van der Waals surface area contributed by atoms with E-state index in [1.54, 1.807) is 0 Å². The lowest BCUT2D eigenvalue weighted by Crippen LogP contribution is -2.12. The van der Waals surface area contributed by atoms with Gasteiger partial charge in [-0.15, -0.1) is 0 Å². The van der Waals surface area contributed by atoms with E-state index in [-0.39, 0.29) is 0 Å². The second-order valence-electron chi connectivity index (χ2n) is 15.7. The van der Waals surface area contributed by atoms with Gasteiger partial charge >= 0.3 is 0 Å². The molecule has 0 amide bonds. The fraction of sp³-hybridized carbons (Fsp3) is 0. The van der Waals surface area contributed by atoms with Crippen LogP contribution in [0.2, 0.25) is 0 Å². The van der Waals surface area contributed by atoms with E-state index >= 15 is 0 Å². The van der Waals surface area contributed by atoms with Crippen LogP contribution in [-0.2, 0) is 0 Å². The number of furan rings is 1. The number of nitrogens with zero attached hydrogens (tertiary/aromatic N) is 1. The zero-order valence-corrected chi connectivity index (χ0v) is 34.0. The van der Waals surface area contributed by atoms with E-state index in [9.17, 15) is 0 Å². The Labute approximate surface area is 362 Å². The molecule has 2 heteroatoms. The lowest BCUT2D eigenvalue weighted by molar-refractivity contribution is 0.669. The van der Waals surface area contributed by atoms with Crippen molar-refractivity contribution in [2.45, 2.75) is 0 Å². The van der Waals surface area contributed by atoms with Gasteiger partial charge < -0.3 is 9.32 Å². The van der Waals surface area contributed by atoms with Crippen molar-refractivity contribution in [3.05, 3.63) is 249 Å². The maximum atomic E-state index is 6.17. The van der Waals surface area contributed by atoms with Crippen LogP contribution in [0.15, 0.2) is 253 Å². The van der Waals surface area contributed by atoms with E-state index < -0.39 is 0 Å². The van der Waals surface area contributed by atoms with Crippen molar-refractivity contribution in [3.8, 4) is 66.8 Å². The van der Waals surface area contributed by atoms with Crippen LogP contribution in [0.5, 0.6) is 0 Å². The molecule has 11 aromatic rings. The number of anilines is 3. The summed E-state index contributed by atoms with van der Waals surface area (Å²) in [7, 11) is 0. The van der Waals surface area contributed by atoms with Crippen molar-refractivity contribution < 1.29 is 4.42 Å². The smallest absolute Gasteiger partial charge is 0.135 e. The van der Waals surface area contributed by atoms with Crippen LogP contribution in [0.3, 0.4) is 0 Å². The molecule has 0 saturated carbocycles. The molecule has 0 aliphatic rings. The van der Waals surface area contributed by atoms with Gasteiger partial charge in [0.05, 0.1) is 5.69 Å². The third-order valence-electron chi connectivity index (χ3n) is 11.9. The van der Waals surface area contributed by atoms with Crippen molar-refractivity contribution in [2.24, 2.45) is 0 Å². The first-order valence-electron chi connectivity index (χ1n) is 21.2. The molecule has 0 atom stereocenters. The monoisotopic (exact) mass is 791 g/mol. The first kappa shape index (κ1) is 36.8. The van der Waals surface area contributed by atoms with Gasteiger partial charge in [-0.05, 0) is 110 Å². The van der Waals surface area contributed by atoms with E-state index in [0.29, 0.717) is 0 Å². The largest absolute Gasteiger partial charge is 0.456 e. The summed E-state index contributed by atoms with van der Waals surface area (Å²) < 4.78 is 6.17. The van der Waals surface area contributed by atoms with Gasteiger partial charge in [-0.2, -0.15) is 0 Å². The van der Waals surface area contributed by atoms with Crippen molar-refractivity contribution in [2.75, 3.05) is 4.90 Å². The van der Waals surface area contributed by atoms with Crippen molar-refractivity contribution in [3.63, 3.8) is 0 Å². The second kappa shape index (κ2) is 16.1. The zero-order chi connectivity index (χ0) is 41.2. The molecular formula is C60H41NO. The summed E-state index contributed by atoms with van der Waals surface area (Å²) in [5.74, 6) is 0. The number of hydrogen-bond acceptors (Lipinski definition) is 2. The Morgan fingerprint density at radius 3 is 1.29 bits per heavy atom. The van der Waals surface area contributed by atoms with Gasteiger partial charge in [-0.3, -0.25) is 0 Å². The van der Waals surface area contributed by atoms with Crippen LogP contribution in [0.4, 0.5) is 17.1 Å². The maximum Gasteiger partial charge on any atom is 0.135 e. The highest BCUT2D eigenvalue weighted by atomic mass is 16.3. The number of hydrogen-bond donors (Lipinski definition) is 0. The molecular weight excluding hydrogens is 751 g/mol. The molecule has 0 bridgehead atoms. The van der Waals surface area contributed by atoms with Gasteiger partial charge in [0.25, 0.3) is 0 Å². The van der Waals surface area contributed by atoms with E-state index in [1.807, 2.05) is 12.1 Å². The predicted octanol–water partition coefficient (Wildman–Crippen LogP) is 17.1. The average molecular weight is 792 g/mol. The maximum absolute atomic E-state index is 6.17. The summed E-state index contributed by atoms with van der Waals surface area (Å²) in [6.07, 6.45) is 0. The summed E-state index contributed by atoms with van der Waals surface area (Å²) >= 11 is 0.